The first-order valence-corrected chi connectivity index (χ1v) is 7.57. The van der Waals surface area contributed by atoms with Crippen LogP contribution in [0.5, 0.6) is 0 Å². The van der Waals surface area contributed by atoms with Crippen molar-refractivity contribution in [1.29, 1.82) is 0 Å². The molecule has 2 aromatic carbocycles. The molecule has 1 heterocycles. The Labute approximate surface area is 135 Å². The van der Waals surface area contributed by atoms with Gasteiger partial charge < -0.3 is 22.1 Å². The van der Waals surface area contributed by atoms with E-state index in [1.165, 1.54) is 0 Å². The van der Waals surface area contributed by atoms with Crippen molar-refractivity contribution in [3.8, 4) is 0 Å². The highest BCUT2D eigenvalue weighted by Crippen LogP contribution is 2.35. The smallest absolute Gasteiger partial charge is 0.258 e. The summed E-state index contributed by atoms with van der Waals surface area (Å²) in [7, 11) is 0. The molecule has 5 heteroatoms. The van der Waals surface area contributed by atoms with Gasteiger partial charge in [0.1, 0.15) is 0 Å². The normalized spacial score (nSPS) is 15.1. The van der Waals surface area contributed by atoms with Gasteiger partial charge in [0.05, 0.1) is 5.57 Å². The van der Waals surface area contributed by atoms with Crippen molar-refractivity contribution in [2.45, 2.75) is 20.3 Å². The third-order valence-corrected chi connectivity index (χ3v) is 4.02. The minimum absolute atomic E-state index is 0.131. The van der Waals surface area contributed by atoms with Crippen LogP contribution in [-0.2, 0) is 11.2 Å². The summed E-state index contributed by atoms with van der Waals surface area (Å²) in [5.41, 5.74) is 18.2. The lowest BCUT2D eigenvalue weighted by Gasteiger charge is -2.12. The van der Waals surface area contributed by atoms with E-state index in [2.05, 4.69) is 17.6 Å². The molecule has 0 atom stereocenters. The average Bonchev–Trinajstić information content (AvgIpc) is 2.82. The van der Waals surface area contributed by atoms with Crippen molar-refractivity contribution in [2.75, 3.05) is 22.1 Å². The molecule has 0 aromatic heterocycles. The molecule has 1 amide bonds. The number of benzene rings is 2. The SMILES string of the molecule is CCc1ccc(NC(C)=C2C(=O)Nc3ccc(N)cc32)cc1N. The molecule has 1 aliphatic rings. The van der Waals surface area contributed by atoms with Crippen molar-refractivity contribution in [2.24, 2.45) is 0 Å². The molecule has 23 heavy (non-hydrogen) atoms. The summed E-state index contributed by atoms with van der Waals surface area (Å²) in [6.45, 7) is 3.94. The molecule has 118 valence electrons. The summed E-state index contributed by atoms with van der Waals surface area (Å²) in [6.07, 6.45) is 0.890. The van der Waals surface area contributed by atoms with Crippen molar-refractivity contribution in [3.63, 3.8) is 0 Å². The van der Waals surface area contributed by atoms with Crippen LogP contribution in [0.1, 0.15) is 25.0 Å². The van der Waals surface area contributed by atoms with Crippen LogP contribution in [0.3, 0.4) is 0 Å². The standard InChI is InChI=1S/C18H20N4O/c1-3-11-4-6-13(9-15(11)20)21-10(2)17-14-8-12(19)5-7-16(14)22-18(17)23/h4-9,21H,3,19-20H2,1-2H3,(H,22,23). The number of rotatable bonds is 3. The van der Waals surface area contributed by atoms with Crippen molar-refractivity contribution < 1.29 is 4.79 Å². The maximum Gasteiger partial charge on any atom is 0.258 e. The molecule has 0 saturated carbocycles. The van der Waals surface area contributed by atoms with Crippen molar-refractivity contribution in [3.05, 3.63) is 53.2 Å². The Hall–Kier alpha value is -2.95. The van der Waals surface area contributed by atoms with Gasteiger partial charge in [-0.05, 0) is 49.2 Å². The van der Waals surface area contributed by atoms with Gasteiger partial charge in [-0.1, -0.05) is 13.0 Å². The van der Waals surface area contributed by atoms with Crippen LogP contribution >= 0.6 is 0 Å². The largest absolute Gasteiger partial charge is 0.399 e. The molecule has 1 aliphatic heterocycles. The molecule has 0 aliphatic carbocycles. The lowest BCUT2D eigenvalue weighted by Crippen LogP contribution is -2.09. The zero-order valence-corrected chi connectivity index (χ0v) is 13.2. The summed E-state index contributed by atoms with van der Waals surface area (Å²) in [4.78, 5) is 12.3. The quantitative estimate of drug-likeness (QED) is 0.517. The molecule has 0 radical (unpaired) electrons. The Bertz CT molecular complexity index is 824. The second-order valence-corrected chi connectivity index (χ2v) is 5.65. The van der Waals surface area contributed by atoms with E-state index < -0.39 is 0 Å². The van der Waals surface area contributed by atoms with E-state index in [-0.39, 0.29) is 5.91 Å². The van der Waals surface area contributed by atoms with Gasteiger partial charge in [-0.15, -0.1) is 0 Å². The molecule has 0 saturated heterocycles. The predicted octanol–water partition coefficient (Wildman–Crippen LogP) is 3.21. The highest BCUT2D eigenvalue weighted by Gasteiger charge is 2.26. The van der Waals surface area contributed by atoms with E-state index in [0.29, 0.717) is 11.3 Å². The Morgan fingerprint density at radius 3 is 2.65 bits per heavy atom. The molecule has 0 bridgehead atoms. The fourth-order valence-electron chi connectivity index (χ4n) is 2.83. The second-order valence-electron chi connectivity index (χ2n) is 5.65. The third kappa shape index (κ3) is 2.73. The van der Waals surface area contributed by atoms with Gasteiger partial charge in [0, 0.05) is 34.0 Å². The van der Waals surface area contributed by atoms with Crippen LogP contribution in [0.15, 0.2) is 42.1 Å². The van der Waals surface area contributed by atoms with Gasteiger partial charge in [-0.3, -0.25) is 4.79 Å². The zero-order valence-electron chi connectivity index (χ0n) is 13.2. The predicted molar refractivity (Wildman–Crippen MR) is 95.9 cm³/mol. The number of carbonyl (C=O) groups excluding carboxylic acids is 1. The average molecular weight is 308 g/mol. The topological polar surface area (TPSA) is 93.2 Å². The fraction of sp³-hybridized carbons (Fsp3) is 0.167. The van der Waals surface area contributed by atoms with Gasteiger partial charge in [0.15, 0.2) is 0 Å². The van der Waals surface area contributed by atoms with Crippen molar-refractivity contribution >= 4 is 34.2 Å². The number of nitrogens with one attached hydrogen (secondary N) is 2. The number of nitrogen functional groups attached to an aromatic ring is 2. The second kappa shape index (κ2) is 5.68. The van der Waals surface area contributed by atoms with E-state index in [1.54, 1.807) is 6.07 Å². The minimum atomic E-state index is -0.131. The summed E-state index contributed by atoms with van der Waals surface area (Å²) >= 11 is 0. The number of hydrogen-bond donors (Lipinski definition) is 4. The highest BCUT2D eigenvalue weighted by molar-refractivity contribution is 6.32. The molecule has 6 N–H and O–H groups in total. The maximum atomic E-state index is 12.3. The number of allylic oxidation sites excluding steroid dienone is 1. The summed E-state index contributed by atoms with van der Waals surface area (Å²) < 4.78 is 0. The van der Waals surface area contributed by atoms with Gasteiger partial charge in [0.2, 0.25) is 0 Å². The summed E-state index contributed by atoms with van der Waals surface area (Å²) in [5.74, 6) is -0.131. The Balaban J connectivity index is 1.98. The van der Waals surface area contributed by atoms with Crippen molar-refractivity contribution in [1.82, 2.24) is 0 Å². The van der Waals surface area contributed by atoms with Gasteiger partial charge in [0.25, 0.3) is 5.91 Å². The molecular weight excluding hydrogens is 288 g/mol. The zero-order chi connectivity index (χ0) is 16.6. The first-order valence-electron chi connectivity index (χ1n) is 7.57. The number of hydrogen-bond acceptors (Lipinski definition) is 4. The van der Waals surface area contributed by atoms with Crippen LogP contribution in [0.4, 0.5) is 22.7 Å². The van der Waals surface area contributed by atoms with Gasteiger partial charge in [-0.2, -0.15) is 0 Å². The molecule has 2 aromatic rings. The van der Waals surface area contributed by atoms with Gasteiger partial charge in [-0.25, -0.2) is 0 Å². The number of fused-ring (bicyclic) bond motifs is 1. The van der Waals surface area contributed by atoms with E-state index in [9.17, 15) is 4.79 Å². The van der Waals surface area contributed by atoms with E-state index in [1.807, 2.05) is 37.3 Å². The molecule has 3 rings (SSSR count). The maximum absolute atomic E-state index is 12.3. The highest BCUT2D eigenvalue weighted by atomic mass is 16.2. The molecule has 0 spiro atoms. The van der Waals surface area contributed by atoms with Gasteiger partial charge >= 0.3 is 0 Å². The third-order valence-electron chi connectivity index (χ3n) is 4.02. The Morgan fingerprint density at radius 2 is 1.96 bits per heavy atom. The molecule has 0 unspecified atom stereocenters. The van der Waals surface area contributed by atoms with E-state index in [0.717, 1.165) is 40.3 Å². The number of aryl methyl sites for hydroxylation is 1. The van der Waals surface area contributed by atoms with Crippen LogP contribution < -0.4 is 22.1 Å². The fourth-order valence-corrected chi connectivity index (χ4v) is 2.83. The van der Waals surface area contributed by atoms with Crippen LogP contribution in [0.25, 0.3) is 5.57 Å². The molecule has 0 fully saturated rings. The number of amides is 1. The molecule has 5 nitrogen and oxygen atoms in total. The lowest BCUT2D eigenvalue weighted by atomic mass is 10.0. The number of carbonyl (C=O) groups is 1. The lowest BCUT2D eigenvalue weighted by molar-refractivity contribution is -0.110. The first kappa shape index (κ1) is 15.0. The van der Waals surface area contributed by atoms with Crippen LogP contribution in [0, 0.1) is 0 Å². The minimum Gasteiger partial charge on any atom is -0.399 e. The Morgan fingerprint density at radius 1 is 1.17 bits per heavy atom. The summed E-state index contributed by atoms with van der Waals surface area (Å²) in [5, 5.41) is 6.12. The molecular formula is C18H20N4O. The summed E-state index contributed by atoms with van der Waals surface area (Å²) in [6, 6.07) is 11.2. The van der Waals surface area contributed by atoms with Crippen LogP contribution in [0.2, 0.25) is 0 Å². The number of nitrogens with two attached hydrogens (primary N) is 2. The van der Waals surface area contributed by atoms with Crippen LogP contribution in [-0.4, -0.2) is 5.91 Å². The van der Waals surface area contributed by atoms with E-state index >= 15 is 0 Å². The van der Waals surface area contributed by atoms with E-state index in [4.69, 9.17) is 11.5 Å². The monoisotopic (exact) mass is 308 g/mol. The Kier molecular flexibility index (Phi) is 3.70. The first-order chi connectivity index (χ1) is 11.0. The number of anilines is 4.